The van der Waals surface area contributed by atoms with Gasteiger partial charge in [0.1, 0.15) is 18.9 Å². The highest BCUT2D eigenvalue weighted by molar-refractivity contribution is 6.12. The number of imidazole rings is 1. The van der Waals surface area contributed by atoms with Crippen LogP contribution in [0, 0.1) is 0 Å². The fourth-order valence-corrected chi connectivity index (χ4v) is 1.95. The molecule has 20 heavy (non-hydrogen) atoms. The first-order valence-corrected chi connectivity index (χ1v) is 5.88. The average Bonchev–Trinajstić information content (AvgIpc) is 2.95. The van der Waals surface area contributed by atoms with Gasteiger partial charge < -0.3 is 19.6 Å². The van der Waals surface area contributed by atoms with Crippen LogP contribution in [-0.4, -0.2) is 40.0 Å². The highest BCUT2D eigenvalue weighted by atomic mass is 16.6. The zero-order valence-electron chi connectivity index (χ0n) is 10.3. The summed E-state index contributed by atoms with van der Waals surface area (Å²) in [6.45, 7) is 0.871. The van der Waals surface area contributed by atoms with E-state index < -0.39 is 11.8 Å². The monoisotopic (exact) mass is 274 g/mol. The van der Waals surface area contributed by atoms with Crippen molar-refractivity contribution in [2.45, 2.75) is 0 Å². The molecule has 2 aromatic rings. The number of hydrogen-bond acceptors (Lipinski definition) is 5. The molecule has 7 heteroatoms. The Balaban J connectivity index is 1.98. The topological polar surface area (TPSA) is 102 Å². The molecule has 1 aliphatic heterocycles. The van der Waals surface area contributed by atoms with E-state index in [-0.39, 0.29) is 11.4 Å². The summed E-state index contributed by atoms with van der Waals surface area (Å²) < 4.78 is 10.7. The van der Waals surface area contributed by atoms with Gasteiger partial charge >= 0.3 is 5.97 Å². The molecule has 7 nitrogen and oxygen atoms in total. The van der Waals surface area contributed by atoms with Crippen molar-refractivity contribution < 1.29 is 24.2 Å². The summed E-state index contributed by atoms with van der Waals surface area (Å²) >= 11 is 0. The van der Waals surface area contributed by atoms with Gasteiger partial charge in [0.25, 0.3) is 0 Å². The lowest BCUT2D eigenvalue weighted by molar-refractivity contribution is 0.0687. The molecule has 0 bridgehead atoms. The van der Waals surface area contributed by atoms with Crippen molar-refractivity contribution in [1.29, 1.82) is 0 Å². The molecule has 0 fully saturated rings. The highest BCUT2D eigenvalue weighted by Gasteiger charge is 2.22. The summed E-state index contributed by atoms with van der Waals surface area (Å²) in [5.74, 6) is -0.688. The lowest BCUT2D eigenvalue weighted by Crippen LogP contribution is -2.16. The quantitative estimate of drug-likeness (QED) is 0.813. The minimum atomic E-state index is -1.23. The molecule has 1 aliphatic rings. The number of carboxylic acid groups (broad SMARTS) is 1. The number of aromatic amines is 1. The highest BCUT2D eigenvalue weighted by Crippen LogP contribution is 2.31. The molecular formula is C13H10N2O5. The molecule has 1 aromatic heterocycles. The summed E-state index contributed by atoms with van der Waals surface area (Å²) in [6, 6.07) is 4.70. The SMILES string of the molecule is O=C(c1ccc2c(c1)OCCO2)c1nc[nH]c1C(=O)O. The smallest absolute Gasteiger partial charge is 0.354 e. The van der Waals surface area contributed by atoms with Crippen LogP contribution in [0.5, 0.6) is 11.5 Å². The number of fused-ring (bicyclic) bond motifs is 1. The Bertz CT molecular complexity index is 692. The fraction of sp³-hybridized carbons (Fsp3) is 0.154. The number of rotatable bonds is 3. The van der Waals surface area contributed by atoms with E-state index in [2.05, 4.69) is 9.97 Å². The van der Waals surface area contributed by atoms with Crippen LogP contribution in [0.1, 0.15) is 26.5 Å². The molecule has 0 atom stereocenters. The van der Waals surface area contributed by atoms with Crippen LogP contribution in [0.15, 0.2) is 24.5 Å². The van der Waals surface area contributed by atoms with E-state index >= 15 is 0 Å². The van der Waals surface area contributed by atoms with Crippen molar-refractivity contribution >= 4 is 11.8 Å². The maximum atomic E-state index is 12.3. The maximum absolute atomic E-state index is 12.3. The van der Waals surface area contributed by atoms with Gasteiger partial charge in [-0.25, -0.2) is 9.78 Å². The average molecular weight is 274 g/mol. The van der Waals surface area contributed by atoms with Crippen molar-refractivity contribution in [2.75, 3.05) is 13.2 Å². The van der Waals surface area contributed by atoms with Crippen molar-refractivity contribution in [2.24, 2.45) is 0 Å². The van der Waals surface area contributed by atoms with Gasteiger partial charge in [0.05, 0.1) is 6.33 Å². The number of aromatic carboxylic acids is 1. The third kappa shape index (κ3) is 1.99. The first kappa shape index (κ1) is 12.2. The lowest BCUT2D eigenvalue weighted by Gasteiger charge is -2.18. The minimum absolute atomic E-state index is 0.130. The Morgan fingerprint density at radius 1 is 1.20 bits per heavy atom. The zero-order chi connectivity index (χ0) is 14.1. The van der Waals surface area contributed by atoms with Gasteiger partial charge in [-0.2, -0.15) is 0 Å². The Kier molecular flexibility index (Phi) is 2.86. The molecule has 0 saturated heterocycles. The van der Waals surface area contributed by atoms with Crippen molar-refractivity contribution in [1.82, 2.24) is 9.97 Å². The maximum Gasteiger partial charge on any atom is 0.354 e. The van der Waals surface area contributed by atoms with E-state index in [1.54, 1.807) is 12.1 Å². The van der Waals surface area contributed by atoms with Crippen LogP contribution in [0.2, 0.25) is 0 Å². The number of ketones is 1. The molecule has 102 valence electrons. The largest absolute Gasteiger partial charge is 0.486 e. The Hall–Kier alpha value is -2.83. The second-order valence-corrected chi connectivity index (χ2v) is 4.12. The van der Waals surface area contributed by atoms with Crippen LogP contribution >= 0.6 is 0 Å². The van der Waals surface area contributed by atoms with E-state index in [0.29, 0.717) is 30.3 Å². The number of carbonyl (C=O) groups is 2. The third-order valence-electron chi connectivity index (χ3n) is 2.87. The molecule has 0 aliphatic carbocycles. The molecule has 2 heterocycles. The standard InChI is InChI=1S/C13H10N2O5/c16-12(10-11(13(17)18)15-6-14-10)7-1-2-8-9(5-7)20-4-3-19-8/h1-2,5-6H,3-4H2,(H,14,15)(H,17,18). The van der Waals surface area contributed by atoms with Gasteiger partial charge in [0, 0.05) is 5.56 Å². The van der Waals surface area contributed by atoms with E-state index in [1.807, 2.05) is 0 Å². The molecular weight excluding hydrogens is 264 g/mol. The zero-order valence-corrected chi connectivity index (χ0v) is 10.3. The van der Waals surface area contributed by atoms with E-state index in [4.69, 9.17) is 14.6 Å². The number of H-pyrrole nitrogens is 1. The second-order valence-electron chi connectivity index (χ2n) is 4.12. The number of nitrogens with one attached hydrogen (secondary N) is 1. The summed E-state index contributed by atoms with van der Waals surface area (Å²) in [7, 11) is 0. The number of carboxylic acids is 1. The summed E-state index contributed by atoms with van der Waals surface area (Å²) in [4.78, 5) is 29.5. The van der Waals surface area contributed by atoms with Gasteiger partial charge in [0.2, 0.25) is 5.78 Å². The first-order chi connectivity index (χ1) is 9.66. The van der Waals surface area contributed by atoms with E-state index in [0.717, 1.165) is 0 Å². The number of carbonyl (C=O) groups excluding carboxylic acids is 1. The van der Waals surface area contributed by atoms with Crippen LogP contribution in [0.3, 0.4) is 0 Å². The van der Waals surface area contributed by atoms with Crippen LogP contribution < -0.4 is 9.47 Å². The van der Waals surface area contributed by atoms with Crippen LogP contribution in [0.25, 0.3) is 0 Å². The Labute approximate surface area is 113 Å². The van der Waals surface area contributed by atoms with Gasteiger partial charge in [-0.15, -0.1) is 0 Å². The number of aromatic nitrogens is 2. The minimum Gasteiger partial charge on any atom is -0.486 e. The molecule has 0 amide bonds. The first-order valence-electron chi connectivity index (χ1n) is 5.88. The second kappa shape index (κ2) is 4.69. The number of hydrogen-bond donors (Lipinski definition) is 2. The van der Waals surface area contributed by atoms with E-state index in [1.165, 1.54) is 12.4 Å². The molecule has 3 rings (SSSR count). The van der Waals surface area contributed by atoms with E-state index in [9.17, 15) is 9.59 Å². The molecule has 0 spiro atoms. The molecule has 0 radical (unpaired) electrons. The van der Waals surface area contributed by atoms with Gasteiger partial charge in [-0.3, -0.25) is 4.79 Å². The molecule has 2 N–H and O–H groups in total. The van der Waals surface area contributed by atoms with Crippen LogP contribution in [0.4, 0.5) is 0 Å². The predicted molar refractivity (Wildman–Crippen MR) is 66.4 cm³/mol. The molecule has 0 saturated carbocycles. The third-order valence-corrected chi connectivity index (χ3v) is 2.87. The fourth-order valence-electron chi connectivity index (χ4n) is 1.95. The summed E-state index contributed by atoms with van der Waals surface area (Å²) in [6.07, 6.45) is 1.18. The van der Waals surface area contributed by atoms with Crippen LogP contribution in [-0.2, 0) is 0 Å². The summed E-state index contributed by atoms with van der Waals surface area (Å²) in [5.41, 5.74) is -0.0667. The Morgan fingerprint density at radius 2 is 1.95 bits per heavy atom. The van der Waals surface area contributed by atoms with Gasteiger partial charge in [-0.1, -0.05) is 0 Å². The normalized spacial score (nSPS) is 13.0. The summed E-state index contributed by atoms with van der Waals surface area (Å²) in [5, 5.41) is 8.97. The molecule has 0 unspecified atom stereocenters. The van der Waals surface area contributed by atoms with Gasteiger partial charge in [0.15, 0.2) is 17.2 Å². The van der Waals surface area contributed by atoms with Crippen molar-refractivity contribution in [3.8, 4) is 11.5 Å². The predicted octanol–water partition coefficient (Wildman–Crippen LogP) is 1.11. The number of benzene rings is 1. The van der Waals surface area contributed by atoms with Gasteiger partial charge in [-0.05, 0) is 18.2 Å². The number of ether oxygens (including phenoxy) is 2. The number of nitrogens with zero attached hydrogens (tertiary/aromatic N) is 1. The van der Waals surface area contributed by atoms with Crippen molar-refractivity contribution in [3.63, 3.8) is 0 Å². The Morgan fingerprint density at radius 3 is 2.70 bits per heavy atom. The van der Waals surface area contributed by atoms with Crippen molar-refractivity contribution in [3.05, 3.63) is 41.5 Å². The molecule has 1 aromatic carbocycles. The lowest BCUT2D eigenvalue weighted by atomic mass is 10.1.